The Balaban J connectivity index is 1.60. The zero-order valence-corrected chi connectivity index (χ0v) is 13.4. The number of nitrogens with zero attached hydrogens (tertiary/aromatic N) is 5. The Bertz CT molecular complexity index is 909. The van der Waals surface area contributed by atoms with Crippen LogP contribution in [-0.4, -0.2) is 24.1 Å². The molecule has 6 heteroatoms. The minimum absolute atomic E-state index is 0.757. The lowest BCUT2D eigenvalue weighted by atomic mass is 10.3. The van der Waals surface area contributed by atoms with Gasteiger partial charge in [-0.3, -0.25) is 4.57 Å². The summed E-state index contributed by atoms with van der Waals surface area (Å²) in [6.07, 6.45) is 4.06. The van der Waals surface area contributed by atoms with Crippen LogP contribution >= 0.6 is 11.8 Å². The standard InChI is InChI=1S/C17H15N5S/c1-13-19-20-17(22(13)15-7-3-2-4-8-15)23-12-14-11-21-10-6-5-9-16(21)18-14/h2-11H,12H2,1H3. The van der Waals surface area contributed by atoms with Gasteiger partial charge in [0.15, 0.2) is 5.16 Å². The van der Waals surface area contributed by atoms with Crippen LogP contribution in [0.2, 0.25) is 0 Å². The van der Waals surface area contributed by atoms with E-state index in [1.54, 1.807) is 11.8 Å². The molecule has 0 atom stereocenters. The summed E-state index contributed by atoms with van der Waals surface area (Å²) in [5, 5.41) is 9.40. The van der Waals surface area contributed by atoms with Gasteiger partial charge in [-0.15, -0.1) is 10.2 Å². The maximum absolute atomic E-state index is 4.62. The van der Waals surface area contributed by atoms with Crippen LogP contribution in [0.3, 0.4) is 0 Å². The van der Waals surface area contributed by atoms with Gasteiger partial charge in [-0.25, -0.2) is 4.98 Å². The van der Waals surface area contributed by atoms with Crippen molar-refractivity contribution in [3.05, 3.63) is 72.4 Å². The number of aryl methyl sites for hydroxylation is 1. The maximum atomic E-state index is 4.62. The molecular weight excluding hydrogens is 306 g/mol. The first-order chi connectivity index (χ1) is 11.3. The molecule has 0 unspecified atom stereocenters. The molecule has 3 aromatic heterocycles. The van der Waals surface area contributed by atoms with E-state index in [1.807, 2.05) is 53.9 Å². The molecular formula is C17H15N5S. The molecule has 0 amide bonds. The van der Waals surface area contributed by atoms with Crippen molar-refractivity contribution in [1.29, 1.82) is 0 Å². The Morgan fingerprint density at radius 2 is 1.83 bits per heavy atom. The number of imidazole rings is 1. The van der Waals surface area contributed by atoms with Crippen molar-refractivity contribution in [2.75, 3.05) is 0 Å². The van der Waals surface area contributed by atoms with Crippen LogP contribution < -0.4 is 0 Å². The summed E-state index contributed by atoms with van der Waals surface area (Å²) >= 11 is 1.64. The van der Waals surface area contributed by atoms with Crippen molar-refractivity contribution < 1.29 is 0 Å². The summed E-state index contributed by atoms with van der Waals surface area (Å²) in [5.74, 6) is 1.64. The number of hydrogen-bond donors (Lipinski definition) is 0. The van der Waals surface area contributed by atoms with Crippen molar-refractivity contribution in [2.24, 2.45) is 0 Å². The summed E-state index contributed by atoms with van der Waals surface area (Å²) in [6, 6.07) is 16.2. The molecule has 4 aromatic rings. The van der Waals surface area contributed by atoms with Gasteiger partial charge in [-0.1, -0.05) is 36.0 Å². The lowest BCUT2D eigenvalue weighted by molar-refractivity contribution is 0.868. The second-order valence-corrected chi connectivity index (χ2v) is 6.13. The van der Waals surface area contributed by atoms with E-state index in [1.165, 1.54) is 0 Å². The van der Waals surface area contributed by atoms with Crippen LogP contribution in [0.4, 0.5) is 0 Å². The van der Waals surface area contributed by atoms with Crippen LogP contribution in [-0.2, 0) is 5.75 Å². The molecule has 1 aromatic carbocycles. The van der Waals surface area contributed by atoms with Crippen molar-refractivity contribution in [2.45, 2.75) is 17.8 Å². The Morgan fingerprint density at radius 1 is 1.00 bits per heavy atom. The number of pyridine rings is 1. The molecule has 114 valence electrons. The van der Waals surface area contributed by atoms with Gasteiger partial charge < -0.3 is 4.40 Å². The minimum atomic E-state index is 0.757. The van der Waals surface area contributed by atoms with Crippen LogP contribution in [0, 0.1) is 6.92 Å². The molecule has 0 bridgehead atoms. The fourth-order valence-electron chi connectivity index (χ4n) is 2.51. The number of aromatic nitrogens is 5. The first-order valence-electron chi connectivity index (χ1n) is 7.34. The Labute approximate surface area is 138 Å². The van der Waals surface area contributed by atoms with Crippen molar-refractivity contribution >= 4 is 17.4 Å². The molecule has 0 fully saturated rings. The quantitative estimate of drug-likeness (QED) is 0.540. The SMILES string of the molecule is Cc1nnc(SCc2cn3ccccc3n2)n1-c1ccccc1. The second kappa shape index (κ2) is 5.89. The highest BCUT2D eigenvalue weighted by Crippen LogP contribution is 2.24. The first-order valence-corrected chi connectivity index (χ1v) is 8.33. The number of hydrogen-bond acceptors (Lipinski definition) is 4. The zero-order chi connectivity index (χ0) is 15.6. The third-order valence-corrected chi connectivity index (χ3v) is 4.54. The first kappa shape index (κ1) is 14.0. The summed E-state index contributed by atoms with van der Waals surface area (Å²) < 4.78 is 4.10. The molecule has 0 aliphatic carbocycles. The van der Waals surface area contributed by atoms with Crippen molar-refractivity contribution in [3.8, 4) is 5.69 Å². The summed E-state index contributed by atoms with van der Waals surface area (Å²) in [6.45, 7) is 1.97. The van der Waals surface area contributed by atoms with Crippen LogP contribution in [0.5, 0.6) is 0 Å². The van der Waals surface area contributed by atoms with E-state index < -0.39 is 0 Å². The normalized spacial score (nSPS) is 11.2. The van der Waals surface area contributed by atoms with Crippen molar-refractivity contribution in [3.63, 3.8) is 0 Å². The van der Waals surface area contributed by atoms with Gasteiger partial charge in [0.2, 0.25) is 0 Å². The Morgan fingerprint density at radius 3 is 2.65 bits per heavy atom. The number of thioether (sulfide) groups is 1. The number of fused-ring (bicyclic) bond motifs is 1. The highest BCUT2D eigenvalue weighted by Gasteiger charge is 2.12. The third-order valence-electron chi connectivity index (χ3n) is 3.57. The van der Waals surface area contributed by atoms with Crippen molar-refractivity contribution in [1.82, 2.24) is 24.1 Å². The van der Waals surface area contributed by atoms with Gasteiger partial charge in [0.1, 0.15) is 11.5 Å². The third kappa shape index (κ3) is 2.73. The van der Waals surface area contributed by atoms with E-state index in [4.69, 9.17) is 0 Å². The van der Waals surface area contributed by atoms with E-state index in [9.17, 15) is 0 Å². The van der Waals surface area contributed by atoms with E-state index >= 15 is 0 Å². The van der Waals surface area contributed by atoms with Crippen LogP contribution in [0.1, 0.15) is 11.5 Å². The molecule has 0 saturated heterocycles. The van der Waals surface area contributed by atoms with E-state index in [-0.39, 0.29) is 0 Å². The summed E-state index contributed by atoms with van der Waals surface area (Å²) in [4.78, 5) is 4.62. The number of para-hydroxylation sites is 1. The highest BCUT2D eigenvalue weighted by atomic mass is 32.2. The average Bonchev–Trinajstić information content (AvgIpc) is 3.16. The Hall–Kier alpha value is -2.60. The molecule has 3 heterocycles. The molecule has 4 rings (SSSR count). The molecule has 0 saturated carbocycles. The van der Waals surface area contributed by atoms with Gasteiger partial charge in [-0.05, 0) is 31.2 Å². The van der Waals surface area contributed by atoms with E-state index in [0.29, 0.717) is 0 Å². The van der Waals surface area contributed by atoms with Gasteiger partial charge in [0.25, 0.3) is 0 Å². The summed E-state index contributed by atoms with van der Waals surface area (Å²) in [5.41, 5.74) is 3.07. The van der Waals surface area contributed by atoms with Gasteiger partial charge in [0, 0.05) is 23.8 Å². The Kier molecular flexibility index (Phi) is 3.59. The molecule has 0 N–H and O–H groups in total. The monoisotopic (exact) mass is 321 g/mol. The van der Waals surface area contributed by atoms with Gasteiger partial charge in [-0.2, -0.15) is 0 Å². The van der Waals surface area contributed by atoms with Gasteiger partial charge in [0.05, 0.1) is 5.69 Å². The fourth-order valence-corrected chi connectivity index (χ4v) is 3.39. The number of benzene rings is 1. The molecule has 5 nitrogen and oxygen atoms in total. The van der Waals surface area contributed by atoms with Crippen LogP contribution in [0.15, 0.2) is 66.1 Å². The topological polar surface area (TPSA) is 48.0 Å². The zero-order valence-electron chi connectivity index (χ0n) is 12.6. The largest absolute Gasteiger partial charge is 0.307 e. The smallest absolute Gasteiger partial charge is 0.196 e. The molecule has 0 aliphatic heterocycles. The maximum Gasteiger partial charge on any atom is 0.196 e. The predicted octanol–water partition coefficient (Wildman–Crippen LogP) is 3.52. The predicted molar refractivity (Wildman–Crippen MR) is 90.8 cm³/mol. The van der Waals surface area contributed by atoms with Gasteiger partial charge >= 0.3 is 0 Å². The number of rotatable bonds is 4. The van der Waals surface area contributed by atoms with E-state index in [2.05, 4.69) is 38.1 Å². The van der Waals surface area contributed by atoms with E-state index in [0.717, 1.165) is 33.8 Å². The molecule has 23 heavy (non-hydrogen) atoms. The summed E-state index contributed by atoms with van der Waals surface area (Å²) in [7, 11) is 0. The second-order valence-electron chi connectivity index (χ2n) is 5.19. The molecule has 0 radical (unpaired) electrons. The van der Waals surface area contributed by atoms with Crippen LogP contribution in [0.25, 0.3) is 11.3 Å². The molecule has 0 spiro atoms. The molecule has 0 aliphatic rings. The lowest BCUT2D eigenvalue weighted by Gasteiger charge is -2.07. The average molecular weight is 321 g/mol. The minimum Gasteiger partial charge on any atom is -0.307 e. The highest BCUT2D eigenvalue weighted by molar-refractivity contribution is 7.98. The fraction of sp³-hybridized carbons (Fsp3) is 0.118. The lowest BCUT2D eigenvalue weighted by Crippen LogP contribution is -1.98.